The van der Waals surface area contributed by atoms with E-state index in [1.807, 2.05) is 0 Å². The zero-order valence-corrected chi connectivity index (χ0v) is 22.3. The zero-order valence-electron chi connectivity index (χ0n) is 22.3. The number of hydrogen-bond acceptors (Lipinski definition) is 2. The Labute approximate surface area is 214 Å². The molecule has 0 amide bonds. The van der Waals surface area contributed by atoms with Crippen LogP contribution < -0.4 is 9.47 Å². The van der Waals surface area contributed by atoms with Crippen LogP contribution in [-0.4, -0.2) is 6.61 Å². The summed E-state index contributed by atoms with van der Waals surface area (Å²) >= 11 is 0. The van der Waals surface area contributed by atoms with Gasteiger partial charge < -0.3 is 9.47 Å². The maximum Gasteiger partial charge on any atom is 0.207 e. The molecule has 0 spiro atoms. The normalized spacial score (nSPS) is 20.8. The van der Waals surface area contributed by atoms with Crippen molar-refractivity contribution in [3.05, 3.63) is 52.3 Å². The predicted octanol–water partition coefficient (Wildman–Crippen LogP) is 9.72. The highest BCUT2D eigenvalue weighted by molar-refractivity contribution is 5.55. The Morgan fingerprint density at radius 1 is 0.889 bits per heavy atom. The smallest absolute Gasteiger partial charge is 0.207 e. The third kappa shape index (κ3) is 5.86. The second kappa shape index (κ2) is 11.9. The number of rotatable bonds is 10. The quantitative estimate of drug-likeness (QED) is 0.275. The summed E-state index contributed by atoms with van der Waals surface area (Å²) in [5.74, 6) is -0.999. The lowest BCUT2D eigenvalue weighted by Crippen LogP contribution is -2.17. The molecule has 2 nitrogen and oxygen atoms in total. The van der Waals surface area contributed by atoms with E-state index in [4.69, 9.17) is 9.47 Å². The fraction of sp³-hybridized carbons (Fsp3) is 0.613. The Balaban J connectivity index is 1.47. The van der Waals surface area contributed by atoms with Crippen LogP contribution in [0, 0.1) is 35.2 Å². The Kier molecular flexibility index (Phi) is 8.90. The SMILES string of the molecule is CCCC1CCC(c2cc3c(c(F)c2F)Oc2c(ccc(OCC(C)CCC(C)CC)c2F)C3)CC1. The molecule has 1 fully saturated rings. The molecule has 36 heavy (non-hydrogen) atoms. The van der Waals surface area contributed by atoms with Gasteiger partial charge in [-0.3, -0.25) is 0 Å². The molecule has 1 aliphatic carbocycles. The molecule has 2 atom stereocenters. The molecular formula is C31H41F3O2. The van der Waals surface area contributed by atoms with Crippen molar-refractivity contribution in [3.8, 4) is 17.2 Å². The van der Waals surface area contributed by atoms with Crippen molar-refractivity contribution in [3.63, 3.8) is 0 Å². The van der Waals surface area contributed by atoms with Gasteiger partial charge in [0.15, 0.2) is 23.1 Å². The van der Waals surface area contributed by atoms with Gasteiger partial charge in [-0.1, -0.05) is 59.4 Å². The molecule has 0 saturated heterocycles. The average Bonchev–Trinajstić information content (AvgIpc) is 2.89. The van der Waals surface area contributed by atoms with Crippen LogP contribution in [0.4, 0.5) is 13.2 Å². The van der Waals surface area contributed by atoms with Gasteiger partial charge in [-0.2, -0.15) is 8.78 Å². The topological polar surface area (TPSA) is 18.5 Å². The minimum absolute atomic E-state index is 0.0223. The summed E-state index contributed by atoms with van der Waals surface area (Å²) < 4.78 is 57.1. The minimum atomic E-state index is -1.01. The van der Waals surface area contributed by atoms with E-state index in [9.17, 15) is 0 Å². The van der Waals surface area contributed by atoms with Crippen molar-refractivity contribution in [2.45, 2.75) is 97.8 Å². The molecule has 4 rings (SSSR count). The lowest BCUT2D eigenvalue weighted by molar-refractivity contribution is 0.231. The van der Waals surface area contributed by atoms with Crippen LogP contribution in [0.15, 0.2) is 18.2 Å². The predicted molar refractivity (Wildman–Crippen MR) is 139 cm³/mol. The van der Waals surface area contributed by atoms with E-state index < -0.39 is 17.5 Å². The fourth-order valence-corrected chi connectivity index (χ4v) is 5.73. The van der Waals surface area contributed by atoms with E-state index in [2.05, 4.69) is 27.7 Å². The van der Waals surface area contributed by atoms with Gasteiger partial charge in [0.2, 0.25) is 11.6 Å². The van der Waals surface area contributed by atoms with Crippen LogP contribution in [0.5, 0.6) is 17.2 Å². The molecule has 2 unspecified atom stereocenters. The monoisotopic (exact) mass is 502 g/mol. The van der Waals surface area contributed by atoms with Crippen LogP contribution in [0.25, 0.3) is 0 Å². The second-order valence-electron chi connectivity index (χ2n) is 11.2. The molecule has 198 valence electrons. The number of ether oxygens (including phenoxy) is 2. The summed E-state index contributed by atoms with van der Waals surface area (Å²) in [7, 11) is 0. The number of hydrogen-bond donors (Lipinski definition) is 0. The van der Waals surface area contributed by atoms with Crippen molar-refractivity contribution in [2.75, 3.05) is 6.61 Å². The van der Waals surface area contributed by atoms with Crippen molar-refractivity contribution < 1.29 is 22.6 Å². The minimum Gasteiger partial charge on any atom is -0.490 e. The molecular weight excluding hydrogens is 461 g/mol. The van der Waals surface area contributed by atoms with E-state index in [1.165, 1.54) is 6.42 Å². The van der Waals surface area contributed by atoms with Gasteiger partial charge in [0.1, 0.15) is 0 Å². The first-order chi connectivity index (χ1) is 17.3. The summed E-state index contributed by atoms with van der Waals surface area (Å²) in [6.45, 7) is 9.10. The highest BCUT2D eigenvalue weighted by Gasteiger charge is 2.32. The van der Waals surface area contributed by atoms with Gasteiger partial charge in [-0.15, -0.1) is 0 Å². The molecule has 0 N–H and O–H groups in total. The maximum atomic E-state index is 15.3. The van der Waals surface area contributed by atoms with Crippen LogP contribution in [0.2, 0.25) is 0 Å². The largest absolute Gasteiger partial charge is 0.490 e. The molecule has 1 aliphatic heterocycles. The first kappa shape index (κ1) is 26.9. The first-order valence-electron chi connectivity index (χ1n) is 13.9. The highest BCUT2D eigenvalue weighted by Crippen LogP contribution is 2.46. The third-order valence-corrected chi connectivity index (χ3v) is 8.35. The van der Waals surface area contributed by atoms with Gasteiger partial charge >= 0.3 is 0 Å². The Morgan fingerprint density at radius 2 is 1.58 bits per heavy atom. The van der Waals surface area contributed by atoms with Crippen LogP contribution in [-0.2, 0) is 6.42 Å². The molecule has 0 aromatic heterocycles. The summed E-state index contributed by atoms with van der Waals surface area (Å²) in [4.78, 5) is 0. The van der Waals surface area contributed by atoms with Crippen molar-refractivity contribution in [1.29, 1.82) is 0 Å². The van der Waals surface area contributed by atoms with Gasteiger partial charge in [0.25, 0.3) is 0 Å². The van der Waals surface area contributed by atoms with E-state index in [0.717, 1.165) is 51.4 Å². The number of halogens is 3. The average molecular weight is 503 g/mol. The third-order valence-electron chi connectivity index (χ3n) is 8.35. The standard InChI is InChI=1S/C31H41F3O2/c1-5-7-21-10-12-22(13-11-21)25-17-24-16-23-14-15-26(35-18-20(4)9-8-19(3)6-2)28(33)30(23)36-31(24)29(34)27(25)32/h14-15,17,19-22H,5-13,16,18H2,1-4H3. The molecule has 0 bridgehead atoms. The van der Waals surface area contributed by atoms with E-state index in [1.54, 1.807) is 18.2 Å². The summed E-state index contributed by atoms with van der Waals surface area (Å²) in [6.07, 6.45) is 9.80. The first-order valence-corrected chi connectivity index (χ1v) is 13.9. The highest BCUT2D eigenvalue weighted by atomic mass is 19.2. The van der Waals surface area contributed by atoms with Gasteiger partial charge in [-0.25, -0.2) is 4.39 Å². The Hall–Kier alpha value is -2.17. The van der Waals surface area contributed by atoms with Gasteiger partial charge in [0.05, 0.1) is 6.61 Å². The molecule has 1 heterocycles. The van der Waals surface area contributed by atoms with E-state index >= 15 is 13.2 Å². The van der Waals surface area contributed by atoms with Crippen LogP contribution in [0.3, 0.4) is 0 Å². The lowest BCUT2D eigenvalue weighted by Gasteiger charge is -2.30. The van der Waals surface area contributed by atoms with Crippen molar-refractivity contribution in [2.24, 2.45) is 17.8 Å². The van der Waals surface area contributed by atoms with Crippen LogP contribution in [0.1, 0.15) is 108 Å². The van der Waals surface area contributed by atoms with Crippen LogP contribution >= 0.6 is 0 Å². The van der Waals surface area contributed by atoms with Crippen molar-refractivity contribution in [1.82, 2.24) is 0 Å². The molecule has 0 radical (unpaired) electrons. The Bertz CT molecular complexity index is 1040. The molecule has 5 heteroatoms. The van der Waals surface area contributed by atoms with E-state index in [-0.39, 0.29) is 29.1 Å². The lowest BCUT2D eigenvalue weighted by atomic mass is 9.76. The van der Waals surface area contributed by atoms with Crippen molar-refractivity contribution >= 4 is 0 Å². The Morgan fingerprint density at radius 3 is 2.28 bits per heavy atom. The summed E-state index contributed by atoms with van der Waals surface area (Å²) in [5.41, 5.74) is 1.65. The van der Waals surface area contributed by atoms with Gasteiger partial charge in [0, 0.05) is 17.5 Å². The number of benzene rings is 2. The van der Waals surface area contributed by atoms with Gasteiger partial charge in [-0.05, 0) is 73.5 Å². The van der Waals surface area contributed by atoms with E-state index in [0.29, 0.717) is 41.6 Å². The molecule has 2 aromatic carbocycles. The number of fused-ring (bicyclic) bond motifs is 2. The second-order valence-corrected chi connectivity index (χ2v) is 11.2. The zero-order chi connectivity index (χ0) is 25.8. The molecule has 2 aliphatic rings. The molecule has 1 saturated carbocycles. The molecule has 2 aromatic rings. The summed E-state index contributed by atoms with van der Waals surface area (Å²) in [5, 5.41) is 0. The fourth-order valence-electron chi connectivity index (χ4n) is 5.73. The summed E-state index contributed by atoms with van der Waals surface area (Å²) in [6, 6.07) is 5.15. The maximum absolute atomic E-state index is 15.3.